The van der Waals surface area contributed by atoms with Crippen molar-refractivity contribution >= 4 is 35.1 Å². The molecule has 26 heavy (non-hydrogen) atoms. The van der Waals surface area contributed by atoms with Crippen LogP contribution in [0.1, 0.15) is 34.6 Å². The van der Waals surface area contributed by atoms with Crippen LogP contribution in [0.5, 0.6) is 0 Å². The Hall–Kier alpha value is -2.86. The van der Waals surface area contributed by atoms with Gasteiger partial charge in [-0.2, -0.15) is 0 Å². The molecule has 2 N–H and O–H groups in total. The zero-order valence-corrected chi connectivity index (χ0v) is 15.4. The number of rotatable bonds is 5. The Kier molecular flexibility index (Phi) is 6.00. The van der Waals surface area contributed by atoms with E-state index in [-0.39, 0.29) is 16.5 Å². The van der Waals surface area contributed by atoms with Crippen molar-refractivity contribution in [1.29, 1.82) is 0 Å². The third-order valence-electron chi connectivity index (χ3n) is 3.66. The Morgan fingerprint density at radius 3 is 2.31 bits per heavy atom. The number of amides is 2. The van der Waals surface area contributed by atoms with E-state index in [0.717, 1.165) is 0 Å². The van der Waals surface area contributed by atoms with Gasteiger partial charge in [0.2, 0.25) is 5.91 Å². The van der Waals surface area contributed by atoms with Crippen LogP contribution < -0.4 is 10.6 Å². The Morgan fingerprint density at radius 2 is 1.69 bits per heavy atom. The molecule has 0 aliphatic carbocycles. The topological polar surface area (TPSA) is 84.5 Å². The van der Waals surface area contributed by atoms with Gasteiger partial charge in [0.05, 0.1) is 17.7 Å². The van der Waals surface area contributed by atoms with Crippen LogP contribution in [0, 0.1) is 0 Å². The lowest BCUT2D eigenvalue weighted by Gasteiger charge is -2.25. The summed E-state index contributed by atoms with van der Waals surface area (Å²) in [5, 5.41) is 5.56. The number of anilines is 1. The van der Waals surface area contributed by atoms with Gasteiger partial charge in [-0.1, -0.05) is 29.8 Å². The molecule has 0 aromatic heterocycles. The molecule has 6 nitrogen and oxygen atoms in total. The number of esters is 1. The molecule has 0 spiro atoms. The van der Waals surface area contributed by atoms with Crippen LogP contribution in [0.4, 0.5) is 5.69 Å². The van der Waals surface area contributed by atoms with E-state index in [1.54, 1.807) is 50.2 Å². The molecule has 2 aromatic rings. The van der Waals surface area contributed by atoms with E-state index in [4.69, 9.17) is 11.6 Å². The smallest absolute Gasteiger partial charge is 0.339 e. The molecule has 0 bridgehead atoms. The van der Waals surface area contributed by atoms with Gasteiger partial charge in [0.15, 0.2) is 0 Å². The van der Waals surface area contributed by atoms with Crippen LogP contribution in [-0.2, 0) is 9.53 Å². The summed E-state index contributed by atoms with van der Waals surface area (Å²) in [6.07, 6.45) is 0. The number of hydrogen-bond acceptors (Lipinski definition) is 4. The third-order valence-corrected chi connectivity index (χ3v) is 3.99. The maximum absolute atomic E-state index is 12.6. The van der Waals surface area contributed by atoms with Gasteiger partial charge >= 0.3 is 5.97 Å². The maximum Gasteiger partial charge on any atom is 0.339 e. The second-order valence-electron chi connectivity index (χ2n) is 6.09. The minimum atomic E-state index is -1.18. The van der Waals surface area contributed by atoms with Crippen LogP contribution >= 0.6 is 11.6 Å². The second-order valence-corrected chi connectivity index (χ2v) is 6.49. The van der Waals surface area contributed by atoms with Crippen LogP contribution in [-0.4, -0.2) is 30.4 Å². The summed E-state index contributed by atoms with van der Waals surface area (Å²) >= 11 is 5.96. The highest BCUT2D eigenvalue weighted by Crippen LogP contribution is 2.22. The van der Waals surface area contributed by atoms with Gasteiger partial charge in [-0.05, 0) is 44.2 Å². The van der Waals surface area contributed by atoms with Crippen LogP contribution in [0.15, 0.2) is 48.5 Å². The Morgan fingerprint density at radius 1 is 1.04 bits per heavy atom. The lowest BCUT2D eigenvalue weighted by atomic mass is 10.0. The largest absolute Gasteiger partial charge is 0.465 e. The first kappa shape index (κ1) is 19.5. The maximum atomic E-state index is 12.6. The van der Waals surface area contributed by atoms with Crippen molar-refractivity contribution in [2.24, 2.45) is 0 Å². The zero-order valence-electron chi connectivity index (χ0n) is 14.6. The monoisotopic (exact) mass is 374 g/mol. The quantitative estimate of drug-likeness (QED) is 0.786. The predicted molar refractivity (Wildman–Crippen MR) is 99.4 cm³/mol. The minimum absolute atomic E-state index is 0.137. The molecular formula is C19H19ClN2O4. The molecule has 0 saturated heterocycles. The van der Waals surface area contributed by atoms with E-state index in [0.29, 0.717) is 11.3 Å². The highest BCUT2D eigenvalue weighted by atomic mass is 35.5. The molecule has 7 heteroatoms. The van der Waals surface area contributed by atoms with Gasteiger partial charge in [-0.15, -0.1) is 0 Å². The first-order valence-corrected chi connectivity index (χ1v) is 8.19. The van der Waals surface area contributed by atoms with Crippen LogP contribution in [0.2, 0.25) is 5.02 Å². The molecule has 136 valence electrons. The Bertz CT molecular complexity index is 835. The normalized spacial score (nSPS) is 10.8. The van der Waals surface area contributed by atoms with E-state index in [2.05, 4.69) is 15.4 Å². The van der Waals surface area contributed by atoms with Gasteiger partial charge < -0.3 is 15.4 Å². The molecular weight excluding hydrogens is 356 g/mol. The molecule has 2 aromatic carbocycles. The fraction of sp³-hybridized carbons (Fsp3) is 0.211. The molecule has 0 aliphatic rings. The minimum Gasteiger partial charge on any atom is -0.465 e. The lowest BCUT2D eigenvalue weighted by molar-refractivity contribution is -0.120. The van der Waals surface area contributed by atoms with Crippen molar-refractivity contribution in [3.63, 3.8) is 0 Å². The SMILES string of the molecule is COC(=O)c1cc(NC(=O)C(C)(C)NC(=O)c2ccccc2)ccc1Cl. The molecule has 0 fully saturated rings. The summed E-state index contributed by atoms with van der Waals surface area (Å²) < 4.78 is 4.65. The summed E-state index contributed by atoms with van der Waals surface area (Å²) in [6.45, 7) is 3.17. The average molecular weight is 375 g/mol. The van der Waals surface area contributed by atoms with Crippen LogP contribution in [0.25, 0.3) is 0 Å². The summed E-state index contributed by atoms with van der Waals surface area (Å²) in [6, 6.07) is 13.1. The van der Waals surface area contributed by atoms with Crippen molar-refractivity contribution in [3.05, 3.63) is 64.7 Å². The van der Waals surface area contributed by atoms with E-state index >= 15 is 0 Å². The number of ether oxygens (including phenoxy) is 1. The van der Waals surface area contributed by atoms with Gasteiger partial charge in [0, 0.05) is 11.3 Å². The van der Waals surface area contributed by atoms with Crippen molar-refractivity contribution in [2.75, 3.05) is 12.4 Å². The Labute approximate surface area is 156 Å². The number of methoxy groups -OCH3 is 1. The molecule has 2 amide bonds. The second kappa shape index (κ2) is 8.01. The number of hydrogen-bond donors (Lipinski definition) is 2. The summed E-state index contributed by atoms with van der Waals surface area (Å²) in [5.41, 5.74) is -0.231. The summed E-state index contributed by atoms with van der Waals surface area (Å²) in [5.74, 6) is -1.42. The number of carbonyl (C=O) groups excluding carboxylic acids is 3. The van der Waals surface area contributed by atoms with E-state index < -0.39 is 17.4 Å². The van der Waals surface area contributed by atoms with Crippen molar-refractivity contribution in [3.8, 4) is 0 Å². The predicted octanol–water partition coefficient (Wildman–Crippen LogP) is 3.27. The molecule has 0 radical (unpaired) electrons. The molecule has 0 unspecified atom stereocenters. The first-order chi connectivity index (χ1) is 12.2. The Balaban J connectivity index is 2.13. The molecule has 0 heterocycles. The highest BCUT2D eigenvalue weighted by Gasteiger charge is 2.30. The van der Waals surface area contributed by atoms with E-state index in [1.165, 1.54) is 19.2 Å². The van der Waals surface area contributed by atoms with Gasteiger partial charge in [-0.25, -0.2) is 4.79 Å². The number of halogens is 1. The summed E-state index contributed by atoms with van der Waals surface area (Å²) in [7, 11) is 1.24. The number of benzene rings is 2. The number of carbonyl (C=O) groups is 3. The van der Waals surface area contributed by atoms with Crippen molar-refractivity contribution < 1.29 is 19.1 Å². The fourth-order valence-corrected chi connectivity index (χ4v) is 2.35. The van der Waals surface area contributed by atoms with Crippen molar-refractivity contribution in [2.45, 2.75) is 19.4 Å². The highest BCUT2D eigenvalue weighted by molar-refractivity contribution is 6.33. The third kappa shape index (κ3) is 4.61. The molecule has 0 atom stereocenters. The van der Waals surface area contributed by atoms with Gasteiger partial charge in [0.1, 0.15) is 5.54 Å². The molecule has 0 aliphatic heterocycles. The van der Waals surface area contributed by atoms with Crippen molar-refractivity contribution in [1.82, 2.24) is 5.32 Å². The standard InChI is InChI=1S/C19H19ClN2O4/c1-19(2,22-16(23)12-7-5-4-6-8-12)18(25)21-13-9-10-15(20)14(11-13)17(24)26-3/h4-11H,1-3H3,(H,21,25)(H,22,23). The van der Waals surface area contributed by atoms with E-state index in [9.17, 15) is 14.4 Å². The fourth-order valence-electron chi connectivity index (χ4n) is 2.16. The number of nitrogens with one attached hydrogen (secondary N) is 2. The summed E-state index contributed by atoms with van der Waals surface area (Å²) in [4.78, 5) is 36.5. The zero-order chi connectivity index (χ0) is 19.3. The average Bonchev–Trinajstić information content (AvgIpc) is 2.63. The lowest BCUT2D eigenvalue weighted by Crippen LogP contribution is -2.52. The van der Waals surface area contributed by atoms with E-state index in [1.807, 2.05) is 0 Å². The first-order valence-electron chi connectivity index (χ1n) is 7.81. The van der Waals surface area contributed by atoms with Gasteiger partial charge in [-0.3, -0.25) is 9.59 Å². The van der Waals surface area contributed by atoms with Crippen LogP contribution in [0.3, 0.4) is 0 Å². The molecule has 2 rings (SSSR count). The van der Waals surface area contributed by atoms with Gasteiger partial charge in [0.25, 0.3) is 5.91 Å². The molecule has 0 saturated carbocycles.